The number of hydrogen-bond acceptors (Lipinski definition) is 5. The molecular weight excluding hydrogens is 464 g/mol. The number of aliphatic hydroxyl groups excluding tert-OH is 2. The molecule has 4 rings (SSSR count). The van der Waals surface area contributed by atoms with E-state index >= 15 is 0 Å². The van der Waals surface area contributed by atoms with E-state index in [4.69, 9.17) is 9.47 Å². The molecule has 37 heavy (non-hydrogen) atoms. The minimum absolute atomic E-state index is 0.000544. The van der Waals surface area contributed by atoms with Crippen molar-refractivity contribution in [2.75, 3.05) is 19.8 Å². The first kappa shape index (κ1) is 26.9. The number of carbonyl (C=O) groups is 1. The van der Waals surface area contributed by atoms with E-state index in [1.54, 1.807) is 19.1 Å². The lowest BCUT2D eigenvalue weighted by Crippen LogP contribution is -2.33. The average Bonchev–Trinajstić information content (AvgIpc) is 2.90. The van der Waals surface area contributed by atoms with Gasteiger partial charge >= 0.3 is 5.97 Å². The fourth-order valence-electron chi connectivity index (χ4n) is 5.07. The van der Waals surface area contributed by atoms with Gasteiger partial charge < -0.3 is 19.7 Å². The molecule has 5 heteroatoms. The summed E-state index contributed by atoms with van der Waals surface area (Å²) in [4.78, 5) is 12.1. The number of ether oxygens (including phenoxy) is 2. The highest BCUT2D eigenvalue weighted by molar-refractivity contribution is 5.90. The van der Waals surface area contributed by atoms with Crippen molar-refractivity contribution in [3.63, 3.8) is 0 Å². The molecule has 1 aliphatic carbocycles. The lowest BCUT2D eigenvalue weighted by atomic mass is 9.63. The number of carbonyl (C=O) groups excluding carboxylic acids is 1. The smallest absolute Gasteiger partial charge is 0.338 e. The van der Waals surface area contributed by atoms with Gasteiger partial charge in [0, 0.05) is 5.56 Å². The molecule has 0 radical (unpaired) electrons. The molecule has 0 heterocycles. The van der Waals surface area contributed by atoms with Crippen LogP contribution >= 0.6 is 0 Å². The minimum Gasteiger partial charge on any atom is -0.490 e. The lowest BCUT2D eigenvalue weighted by Gasteiger charge is -2.42. The summed E-state index contributed by atoms with van der Waals surface area (Å²) in [7, 11) is 0. The molecule has 196 valence electrons. The van der Waals surface area contributed by atoms with Crippen LogP contribution in [0, 0.1) is 0 Å². The molecule has 1 unspecified atom stereocenters. The number of benzene rings is 3. The van der Waals surface area contributed by atoms with E-state index in [9.17, 15) is 15.0 Å². The molecule has 1 aliphatic rings. The molecule has 0 aliphatic heterocycles. The molecular formula is C32H38O5. The van der Waals surface area contributed by atoms with Gasteiger partial charge in [0.1, 0.15) is 18.5 Å². The zero-order chi connectivity index (χ0) is 26.8. The second-order valence-corrected chi connectivity index (χ2v) is 11.2. The predicted molar refractivity (Wildman–Crippen MR) is 147 cm³/mol. The Bertz CT molecular complexity index is 1260. The maximum atomic E-state index is 12.1. The summed E-state index contributed by atoms with van der Waals surface area (Å²) in [6.45, 7) is 11.0. The van der Waals surface area contributed by atoms with Gasteiger partial charge in [0.05, 0.1) is 18.8 Å². The van der Waals surface area contributed by atoms with E-state index in [0.29, 0.717) is 17.9 Å². The van der Waals surface area contributed by atoms with Crippen LogP contribution in [0.1, 0.15) is 68.9 Å². The molecule has 0 spiro atoms. The quantitative estimate of drug-likeness (QED) is 0.355. The van der Waals surface area contributed by atoms with Gasteiger partial charge in [-0.3, -0.25) is 0 Å². The lowest BCUT2D eigenvalue weighted by molar-refractivity contribution is 0.0526. The highest BCUT2D eigenvalue weighted by Crippen LogP contribution is 2.47. The molecule has 0 saturated heterocycles. The summed E-state index contributed by atoms with van der Waals surface area (Å²) >= 11 is 0. The molecule has 2 N–H and O–H groups in total. The average molecular weight is 503 g/mol. The van der Waals surface area contributed by atoms with Crippen molar-refractivity contribution in [3.8, 4) is 28.0 Å². The first-order valence-corrected chi connectivity index (χ1v) is 13.0. The van der Waals surface area contributed by atoms with E-state index in [0.717, 1.165) is 35.1 Å². The van der Waals surface area contributed by atoms with Crippen LogP contribution in [0.3, 0.4) is 0 Å². The zero-order valence-corrected chi connectivity index (χ0v) is 22.5. The monoisotopic (exact) mass is 502 g/mol. The first-order chi connectivity index (χ1) is 17.6. The number of esters is 1. The second-order valence-electron chi connectivity index (χ2n) is 11.2. The third kappa shape index (κ3) is 5.73. The molecule has 3 aromatic rings. The van der Waals surface area contributed by atoms with Crippen molar-refractivity contribution < 1.29 is 24.5 Å². The van der Waals surface area contributed by atoms with Crippen LogP contribution in [0.2, 0.25) is 0 Å². The number of fused-ring (bicyclic) bond motifs is 1. The minimum atomic E-state index is -0.953. The Morgan fingerprint density at radius 3 is 2.14 bits per heavy atom. The van der Waals surface area contributed by atoms with E-state index in [2.05, 4.69) is 52.0 Å². The standard InChI is InChI=1S/C32H38O5/c1-6-36-30(35)22-9-7-21(8-10-22)23-12-14-29(37-20-25(34)19-33)26(17-23)24-11-13-27-28(18-24)32(4,5)16-15-31(27,2)3/h7-14,17-18,25,33-34H,6,15-16,19-20H2,1-5H3. The highest BCUT2D eigenvalue weighted by Gasteiger charge is 2.37. The zero-order valence-electron chi connectivity index (χ0n) is 22.5. The maximum Gasteiger partial charge on any atom is 0.338 e. The summed E-state index contributed by atoms with van der Waals surface area (Å²) in [6.07, 6.45) is 1.32. The largest absolute Gasteiger partial charge is 0.490 e. The van der Waals surface area contributed by atoms with Gasteiger partial charge in [0.25, 0.3) is 0 Å². The Morgan fingerprint density at radius 2 is 1.49 bits per heavy atom. The van der Waals surface area contributed by atoms with E-state index in [-0.39, 0.29) is 30.0 Å². The van der Waals surface area contributed by atoms with Gasteiger partial charge in [-0.25, -0.2) is 4.79 Å². The number of hydrogen-bond donors (Lipinski definition) is 2. The van der Waals surface area contributed by atoms with Crippen molar-refractivity contribution in [1.29, 1.82) is 0 Å². The van der Waals surface area contributed by atoms with Crippen molar-refractivity contribution >= 4 is 5.97 Å². The Morgan fingerprint density at radius 1 is 0.865 bits per heavy atom. The van der Waals surface area contributed by atoms with Gasteiger partial charge in [-0.1, -0.05) is 64.1 Å². The second kappa shape index (κ2) is 10.7. The topological polar surface area (TPSA) is 76.0 Å². The maximum absolute atomic E-state index is 12.1. The molecule has 0 amide bonds. The van der Waals surface area contributed by atoms with Crippen molar-refractivity contribution in [2.24, 2.45) is 0 Å². The molecule has 0 aromatic heterocycles. The third-order valence-corrected chi connectivity index (χ3v) is 7.51. The fourth-order valence-corrected chi connectivity index (χ4v) is 5.07. The summed E-state index contributed by atoms with van der Waals surface area (Å²) in [5.74, 6) is 0.313. The first-order valence-electron chi connectivity index (χ1n) is 13.0. The Balaban J connectivity index is 1.78. The molecule has 5 nitrogen and oxygen atoms in total. The number of rotatable bonds is 8. The van der Waals surface area contributed by atoms with E-state index in [1.807, 2.05) is 24.3 Å². The SMILES string of the molecule is CCOC(=O)c1ccc(-c2ccc(OCC(O)CO)c(-c3ccc4c(c3)C(C)(C)CCC4(C)C)c2)cc1. The molecule has 0 bridgehead atoms. The Kier molecular flexibility index (Phi) is 7.77. The van der Waals surface area contributed by atoms with Crippen molar-refractivity contribution in [2.45, 2.75) is 64.4 Å². The van der Waals surface area contributed by atoms with Crippen molar-refractivity contribution in [1.82, 2.24) is 0 Å². The van der Waals surface area contributed by atoms with Gasteiger partial charge in [-0.05, 0) is 82.7 Å². The van der Waals surface area contributed by atoms with Crippen LogP contribution in [0.15, 0.2) is 60.7 Å². The molecule has 1 atom stereocenters. The highest BCUT2D eigenvalue weighted by atomic mass is 16.5. The van der Waals surface area contributed by atoms with Gasteiger partial charge in [0.2, 0.25) is 0 Å². The molecule has 0 saturated carbocycles. The van der Waals surface area contributed by atoms with Gasteiger partial charge in [0.15, 0.2) is 0 Å². The third-order valence-electron chi connectivity index (χ3n) is 7.51. The van der Waals surface area contributed by atoms with Gasteiger partial charge in [-0.2, -0.15) is 0 Å². The number of aliphatic hydroxyl groups is 2. The van der Waals surface area contributed by atoms with Crippen molar-refractivity contribution in [3.05, 3.63) is 77.4 Å². The van der Waals surface area contributed by atoms with Crippen LogP contribution in [-0.4, -0.2) is 42.1 Å². The van der Waals surface area contributed by atoms with Crippen LogP contribution in [0.25, 0.3) is 22.3 Å². The molecule has 3 aromatic carbocycles. The van der Waals surface area contributed by atoms with Gasteiger partial charge in [-0.15, -0.1) is 0 Å². The van der Waals surface area contributed by atoms with E-state index in [1.165, 1.54) is 11.1 Å². The van der Waals surface area contributed by atoms with E-state index < -0.39 is 6.10 Å². The summed E-state index contributed by atoms with van der Waals surface area (Å²) < 4.78 is 11.1. The van der Waals surface area contributed by atoms with Crippen LogP contribution in [0.5, 0.6) is 5.75 Å². The summed E-state index contributed by atoms with van der Waals surface area (Å²) in [5.41, 5.74) is 7.36. The fraction of sp³-hybridized carbons (Fsp3) is 0.406. The molecule has 0 fully saturated rings. The van der Waals surface area contributed by atoms with Crippen LogP contribution < -0.4 is 4.74 Å². The Hall–Kier alpha value is -3.15. The van der Waals surface area contributed by atoms with Crippen LogP contribution in [0.4, 0.5) is 0 Å². The summed E-state index contributed by atoms with van der Waals surface area (Å²) in [5, 5.41) is 19.2. The predicted octanol–water partition coefficient (Wildman–Crippen LogP) is 6.28. The Labute approximate surface area is 220 Å². The van der Waals surface area contributed by atoms with Crippen LogP contribution in [-0.2, 0) is 15.6 Å². The summed E-state index contributed by atoms with van der Waals surface area (Å²) in [6, 6.07) is 20.0. The normalized spacial score (nSPS) is 16.5.